The lowest BCUT2D eigenvalue weighted by molar-refractivity contribution is -0.136. The van der Waals surface area contributed by atoms with Gasteiger partial charge in [0.1, 0.15) is 11.5 Å². The van der Waals surface area contributed by atoms with E-state index in [-0.39, 0.29) is 0 Å². The van der Waals surface area contributed by atoms with Gasteiger partial charge >= 0.3 is 11.9 Å². The first kappa shape index (κ1) is 11.2. The summed E-state index contributed by atoms with van der Waals surface area (Å²) in [6, 6.07) is 6.31. The van der Waals surface area contributed by atoms with Gasteiger partial charge in [0.2, 0.25) is 0 Å². The maximum atomic E-state index is 11.4. The first-order valence-corrected chi connectivity index (χ1v) is 5.49. The third-order valence-electron chi connectivity index (χ3n) is 2.43. The Morgan fingerprint density at radius 3 is 1.83 bits per heavy atom. The molecule has 2 fully saturated rings. The summed E-state index contributed by atoms with van der Waals surface area (Å²) in [5, 5.41) is 0. The van der Waals surface area contributed by atoms with Crippen LogP contribution in [0.25, 0.3) is 0 Å². The van der Waals surface area contributed by atoms with Gasteiger partial charge in [-0.3, -0.25) is 0 Å². The summed E-state index contributed by atoms with van der Waals surface area (Å²) >= 11 is 0. The van der Waals surface area contributed by atoms with Crippen molar-refractivity contribution in [2.45, 2.75) is 12.2 Å². The summed E-state index contributed by atoms with van der Waals surface area (Å²) in [4.78, 5) is 22.7. The third kappa shape index (κ3) is 2.66. The molecule has 3 rings (SSSR count). The SMILES string of the molecule is O=C(Oc1cccc(OC(=O)C2CO2)c1)C1CO1. The number of carbonyl (C=O) groups excluding carboxylic acids is 2. The van der Waals surface area contributed by atoms with Gasteiger partial charge in [0.25, 0.3) is 0 Å². The van der Waals surface area contributed by atoms with Crippen molar-refractivity contribution < 1.29 is 28.5 Å². The fourth-order valence-electron chi connectivity index (χ4n) is 1.33. The monoisotopic (exact) mass is 250 g/mol. The smallest absolute Gasteiger partial charge is 0.343 e. The van der Waals surface area contributed by atoms with Gasteiger partial charge in [0, 0.05) is 6.07 Å². The second kappa shape index (κ2) is 4.40. The Hall–Kier alpha value is -1.92. The third-order valence-corrected chi connectivity index (χ3v) is 2.43. The summed E-state index contributed by atoms with van der Waals surface area (Å²) in [7, 11) is 0. The van der Waals surface area contributed by atoms with E-state index in [0.29, 0.717) is 24.7 Å². The van der Waals surface area contributed by atoms with Gasteiger partial charge in [-0.25, -0.2) is 9.59 Å². The second-order valence-corrected chi connectivity index (χ2v) is 3.96. The zero-order chi connectivity index (χ0) is 12.5. The summed E-state index contributed by atoms with van der Waals surface area (Å²) in [6.07, 6.45) is -0.924. The number of esters is 2. The molecule has 0 spiro atoms. The molecule has 2 saturated heterocycles. The Morgan fingerprint density at radius 2 is 1.44 bits per heavy atom. The van der Waals surface area contributed by atoms with Crippen molar-refractivity contribution in [3.8, 4) is 11.5 Å². The summed E-state index contributed by atoms with van der Waals surface area (Å²) < 4.78 is 19.7. The van der Waals surface area contributed by atoms with Gasteiger partial charge in [-0.05, 0) is 12.1 Å². The Labute approximate surface area is 102 Å². The minimum absolute atomic E-state index is 0.317. The van der Waals surface area contributed by atoms with E-state index in [2.05, 4.69) is 0 Å². The number of hydrogen-bond acceptors (Lipinski definition) is 6. The average molecular weight is 250 g/mol. The molecule has 0 aromatic heterocycles. The van der Waals surface area contributed by atoms with Gasteiger partial charge < -0.3 is 18.9 Å². The molecule has 0 aliphatic carbocycles. The molecule has 18 heavy (non-hydrogen) atoms. The van der Waals surface area contributed by atoms with Crippen molar-refractivity contribution >= 4 is 11.9 Å². The van der Waals surface area contributed by atoms with E-state index in [1.165, 1.54) is 6.07 Å². The minimum atomic E-state index is -0.462. The van der Waals surface area contributed by atoms with Crippen LogP contribution in [0.5, 0.6) is 11.5 Å². The normalized spacial score (nSPS) is 24.2. The second-order valence-electron chi connectivity index (χ2n) is 3.96. The van der Waals surface area contributed by atoms with Crippen LogP contribution in [0.15, 0.2) is 24.3 Å². The molecule has 0 amide bonds. The van der Waals surface area contributed by atoms with Crippen LogP contribution < -0.4 is 9.47 Å². The molecule has 1 aromatic rings. The van der Waals surface area contributed by atoms with E-state index >= 15 is 0 Å². The molecule has 2 aliphatic rings. The first-order valence-electron chi connectivity index (χ1n) is 5.49. The molecule has 6 nitrogen and oxygen atoms in total. The maximum Gasteiger partial charge on any atom is 0.343 e. The molecular formula is C12H10O6. The van der Waals surface area contributed by atoms with Crippen molar-refractivity contribution in [2.24, 2.45) is 0 Å². The fraction of sp³-hybridized carbons (Fsp3) is 0.333. The molecule has 94 valence electrons. The Balaban J connectivity index is 1.63. The van der Waals surface area contributed by atoms with Crippen LogP contribution in [0, 0.1) is 0 Å². The van der Waals surface area contributed by atoms with Crippen LogP contribution in [0.4, 0.5) is 0 Å². The van der Waals surface area contributed by atoms with Gasteiger partial charge in [-0.2, -0.15) is 0 Å². The van der Waals surface area contributed by atoms with Crippen LogP contribution in [0.3, 0.4) is 0 Å². The highest BCUT2D eigenvalue weighted by molar-refractivity contribution is 5.80. The van der Waals surface area contributed by atoms with Gasteiger partial charge in [0.15, 0.2) is 12.2 Å². The Bertz CT molecular complexity index is 448. The Kier molecular flexibility index (Phi) is 2.73. The molecule has 2 heterocycles. The number of ether oxygens (including phenoxy) is 4. The predicted molar refractivity (Wildman–Crippen MR) is 57.2 cm³/mol. The minimum Gasteiger partial charge on any atom is -0.424 e. The molecular weight excluding hydrogens is 240 g/mol. The van der Waals surface area contributed by atoms with Gasteiger partial charge in [-0.1, -0.05) is 6.07 Å². The predicted octanol–water partition coefficient (Wildman–Crippen LogP) is 0.295. The van der Waals surface area contributed by atoms with Crippen molar-refractivity contribution in [1.29, 1.82) is 0 Å². The Morgan fingerprint density at radius 1 is 1.00 bits per heavy atom. The van der Waals surface area contributed by atoms with E-state index in [1.54, 1.807) is 18.2 Å². The largest absolute Gasteiger partial charge is 0.424 e. The zero-order valence-electron chi connectivity index (χ0n) is 9.33. The molecule has 2 aliphatic heterocycles. The van der Waals surface area contributed by atoms with Crippen molar-refractivity contribution in [3.05, 3.63) is 24.3 Å². The molecule has 0 N–H and O–H groups in total. The van der Waals surface area contributed by atoms with Crippen LogP contribution in [0.2, 0.25) is 0 Å². The van der Waals surface area contributed by atoms with Crippen molar-refractivity contribution in [1.82, 2.24) is 0 Å². The molecule has 1 aromatic carbocycles. The standard InChI is InChI=1S/C12H10O6/c13-11(9-5-15-9)17-7-2-1-3-8(4-7)18-12(14)10-6-16-10/h1-4,9-10H,5-6H2. The van der Waals surface area contributed by atoms with Crippen LogP contribution in [0.1, 0.15) is 0 Å². The van der Waals surface area contributed by atoms with Crippen LogP contribution in [-0.4, -0.2) is 37.4 Å². The molecule has 0 radical (unpaired) electrons. The molecule has 6 heteroatoms. The van der Waals surface area contributed by atoms with E-state index in [9.17, 15) is 9.59 Å². The average Bonchev–Trinajstić information content (AvgIpc) is 3.19. The lowest BCUT2D eigenvalue weighted by Gasteiger charge is -2.05. The number of hydrogen-bond donors (Lipinski definition) is 0. The molecule has 2 atom stereocenters. The van der Waals surface area contributed by atoms with Crippen molar-refractivity contribution in [3.63, 3.8) is 0 Å². The van der Waals surface area contributed by atoms with E-state index in [1.807, 2.05) is 0 Å². The highest BCUT2D eigenvalue weighted by Gasteiger charge is 2.34. The van der Waals surface area contributed by atoms with Crippen molar-refractivity contribution in [2.75, 3.05) is 13.2 Å². The fourth-order valence-corrected chi connectivity index (χ4v) is 1.33. The summed E-state index contributed by atoms with van der Waals surface area (Å²) in [6.45, 7) is 0.791. The van der Waals surface area contributed by atoms with E-state index < -0.39 is 24.1 Å². The molecule has 0 saturated carbocycles. The molecule has 0 bridgehead atoms. The maximum absolute atomic E-state index is 11.4. The summed E-state index contributed by atoms with van der Waals surface area (Å²) in [5.41, 5.74) is 0. The zero-order valence-corrected chi connectivity index (χ0v) is 9.33. The number of carbonyl (C=O) groups is 2. The number of benzene rings is 1. The highest BCUT2D eigenvalue weighted by Crippen LogP contribution is 2.23. The van der Waals surface area contributed by atoms with Crippen LogP contribution in [-0.2, 0) is 19.1 Å². The topological polar surface area (TPSA) is 77.7 Å². The van der Waals surface area contributed by atoms with E-state index in [0.717, 1.165) is 0 Å². The summed E-state index contributed by atoms with van der Waals surface area (Å²) in [5.74, 6) is -0.247. The molecule has 2 unspecified atom stereocenters. The lowest BCUT2D eigenvalue weighted by atomic mass is 10.3. The number of epoxide rings is 2. The number of rotatable bonds is 4. The first-order chi connectivity index (χ1) is 8.72. The van der Waals surface area contributed by atoms with Gasteiger partial charge in [0.05, 0.1) is 13.2 Å². The van der Waals surface area contributed by atoms with E-state index in [4.69, 9.17) is 18.9 Å². The lowest BCUT2D eigenvalue weighted by Crippen LogP contribution is -2.16. The highest BCUT2D eigenvalue weighted by atomic mass is 16.6. The van der Waals surface area contributed by atoms with Crippen LogP contribution >= 0.6 is 0 Å². The quantitative estimate of drug-likeness (QED) is 0.434. The van der Waals surface area contributed by atoms with Gasteiger partial charge in [-0.15, -0.1) is 0 Å².